The molecule has 2 aliphatic rings. The molecule has 1 aliphatic carbocycles. The fourth-order valence-corrected chi connectivity index (χ4v) is 4.15. The molecule has 1 aliphatic heterocycles. The number of rotatable bonds is 4. The zero-order valence-electron chi connectivity index (χ0n) is 12.7. The molecule has 0 bridgehead atoms. The number of nitrogens with zero attached hydrogens (tertiary/aromatic N) is 1. The highest BCUT2D eigenvalue weighted by Gasteiger charge is 2.35. The average molecular weight is 272 g/mol. The van der Waals surface area contributed by atoms with Crippen LogP contribution in [0.15, 0.2) is 30.3 Å². The molecule has 1 heterocycles. The van der Waals surface area contributed by atoms with E-state index in [9.17, 15) is 0 Å². The minimum absolute atomic E-state index is 0.707. The van der Waals surface area contributed by atoms with Gasteiger partial charge < -0.3 is 5.32 Å². The second-order valence-corrected chi connectivity index (χ2v) is 6.40. The van der Waals surface area contributed by atoms with E-state index in [0.717, 1.165) is 18.5 Å². The van der Waals surface area contributed by atoms with Crippen LogP contribution >= 0.6 is 0 Å². The molecule has 2 nitrogen and oxygen atoms in total. The van der Waals surface area contributed by atoms with Gasteiger partial charge in [-0.15, -0.1) is 0 Å². The highest BCUT2D eigenvalue weighted by Crippen LogP contribution is 2.36. The fraction of sp³-hybridized carbons (Fsp3) is 0.667. The van der Waals surface area contributed by atoms with Crippen LogP contribution in [-0.4, -0.2) is 36.6 Å². The minimum atomic E-state index is 0.707. The first-order chi connectivity index (χ1) is 9.88. The van der Waals surface area contributed by atoms with Gasteiger partial charge in [0.2, 0.25) is 0 Å². The van der Waals surface area contributed by atoms with Crippen molar-refractivity contribution in [3.05, 3.63) is 35.9 Å². The molecule has 3 rings (SSSR count). The van der Waals surface area contributed by atoms with Crippen molar-refractivity contribution in [2.24, 2.45) is 0 Å². The molecule has 0 spiro atoms. The molecular weight excluding hydrogens is 244 g/mol. The third kappa shape index (κ3) is 3.07. The van der Waals surface area contributed by atoms with E-state index in [1.54, 1.807) is 5.56 Å². The van der Waals surface area contributed by atoms with Gasteiger partial charge in [-0.2, -0.15) is 0 Å². The zero-order chi connectivity index (χ0) is 13.8. The maximum Gasteiger partial charge on any atom is 0.0255 e. The Morgan fingerprint density at radius 3 is 2.55 bits per heavy atom. The Bertz CT molecular complexity index is 397. The molecule has 0 aromatic heterocycles. The smallest absolute Gasteiger partial charge is 0.0255 e. The molecule has 3 atom stereocenters. The normalized spacial score (nSPS) is 31.6. The summed E-state index contributed by atoms with van der Waals surface area (Å²) in [4.78, 5) is 2.75. The molecule has 1 aromatic rings. The van der Waals surface area contributed by atoms with Crippen molar-refractivity contribution < 1.29 is 0 Å². The first-order valence-electron chi connectivity index (χ1n) is 8.41. The van der Waals surface area contributed by atoms with E-state index >= 15 is 0 Å². The molecule has 1 saturated carbocycles. The lowest BCUT2D eigenvalue weighted by Crippen LogP contribution is -2.52. The van der Waals surface area contributed by atoms with Crippen molar-refractivity contribution >= 4 is 0 Å². The molecule has 3 unspecified atom stereocenters. The van der Waals surface area contributed by atoms with Crippen LogP contribution < -0.4 is 5.32 Å². The van der Waals surface area contributed by atoms with E-state index in [2.05, 4.69) is 47.5 Å². The molecule has 1 N–H and O–H groups in total. The monoisotopic (exact) mass is 272 g/mol. The second kappa shape index (κ2) is 6.73. The van der Waals surface area contributed by atoms with E-state index in [1.165, 1.54) is 45.2 Å². The van der Waals surface area contributed by atoms with E-state index in [4.69, 9.17) is 0 Å². The number of nitrogens with one attached hydrogen (secondary N) is 1. The summed E-state index contributed by atoms with van der Waals surface area (Å²) < 4.78 is 0. The first kappa shape index (κ1) is 14.1. The number of hydrogen-bond acceptors (Lipinski definition) is 2. The van der Waals surface area contributed by atoms with E-state index in [-0.39, 0.29) is 0 Å². The Kier molecular flexibility index (Phi) is 4.74. The molecule has 1 aromatic carbocycles. The van der Waals surface area contributed by atoms with Crippen molar-refractivity contribution in [2.45, 2.75) is 57.0 Å². The lowest BCUT2D eigenvalue weighted by Gasteiger charge is -2.41. The zero-order valence-corrected chi connectivity index (χ0v) is 12.7. The quantitative estimate of drug-likeness (QED) is 0.904. The van der Waals surface area contributed by atoms with Gasteiger partial charge in [-0.3, -0.25) is 4.90 Å². The van der Waals surface area contributed by atoms with E-state index in [1.807, 2.05) is 0 Å². The molecule has 110 valence electrons. The molecule has 2 fully saturated rings. The van der Waals surface area contributed by atoms with Crippen LogP contribution in [0.4, 0.5) is 0 Å². The van der Waals surface area contributed by atoms with Crippen LogP contribution in [0, 0.1) is 0 Å². The standard InChI is InChI=1S/C18H28N2/c1-2-19-17-11-10-16(15-8-4-3-5-9-15)14-18(17)20-12-6-7-13-20/h3-5,8-9,16-19H,2,6-7,10-14H2,1H3. The van der Waals surface area contributed by atoms with Crippen LogP contribution in [0.2, 0.25) is 0 Å². The highest BCUT2D eigenvalue weighted by molar-refractivity contribution is 5.21. The number of likely N-dealkylation sites (tertiary alicyclic amines) is 1. The molecular formula is C18H28N2. The summed E-state index contributed by atoms with van der Waals surface area (Å²) in [5.41, 5.74) is 1.55. The lowest BCUT2D eigenvalue weighted by molar-refractivity contribution is 0.138. The summed E-state index contributed by atoms with van der Waals surface area (Å²) in [7, 11) is 0. The van der Waals surface area contributed by atoms with Crippen LogP contribution in [0.3, 0.4) is 0 Å². The summed E-state index contributed by atoms with van der Waals surface area (Å²) in [6.07, 6.45) is 6.79. The Morgan fingerprint density at radius 2 is 1.85 bits per heavy atom. The second-order valence-electron chi connectivity index (χ2n) is 6.40. The molecule has 1 saturated heterocycles. The van der Waals surface area contributed by atoms with Gasteiger partial charge >= 0.3 is 0 Å². The van der Waals surface area contributed by atoms with Crippen LogP contribution in [-0.2, 0) is 0 Å². The Morgan fingerprint density at radius 1 is 1.10 bits per heavy atom. The third-order valence-corrected chi connectivity index (χ3v) is 5.16. The lowest BCUT2D eigenvalue weighted by atomic mass is 9.78. The van der Waals surface area contributed by atoms with Gasteiger partial charge in [-0.25, -0.2) is 0 Å². The van der Waals surface area contributed by atoms with Crippen molar-refractivity contribution in [2.75, 3.05) is 19.6 Å². The molecule has 0 radical (unpaired) electrons. The maximum absolute atomic E-state index is 3.74. The number of benzene rings is 1. The largest absolute Gasteiger partial charge is 0.313 e. The van der Waals surface area contributed by atoms with Gasteiger partial charge in [-0.05, 0) is 63.2 Å². The SMILES string of the molecule is CCNC1CCC(c2ccccc2)CC1N1CCCC1. The highest BCUT2D eigenvalue weighted by atomic mass is 15.2. The maximum atomic E-state index is 3.74. The Hall–Kier alpha value is -0.860. The summed E-state index contributed by atoms with van der Waals surface area (Å²) in [6.45, 7) is 5.97. The van der Waals surface area contributed by atoms with Crippen molar-refractivity contribution in [1.29, 1.82) is 0 Å². The van der Waals surface area contributed by atoms with Gasteiger partial charge in [0, 0.05) is 12.1 Å². The van der Waals surface area contributed by atoms with Crippen molar-refractivity contribution in [3.8, 4) is 0 Å². The van der Waals surface area contributed by atoms with Crippen LogP contribution in [0.25, 0.3) is 0 Å². The predicted molar refractivity (Wildman–Crippen MR) is 85.1 cm³/mol. The predicted octanol–water partition coefficient (Wildman–Crippen LogP) is 3.40. The topological polar surface area (TPSA) is 15.3 Å². The van der Waals surface area contributed by atoms with Gasteiger partial charge in [0.1, 0.15) is 0 Å². The molecule has 20 heavy (non-hydrogen) atoms. The van der Waals surface area contributed by atoms with Crippen molar-refractivity contribution in [1.82, 2.24) is 10.2 Å². The van der Waals surface area contributed by atoms with Gasteiger partial charge in [-0.1, -0.05) is 37.3 Å². The summed E-state index contributed by atoms with van der Waals surface area (Å²) in [5, 5.41) is 3.74. The summed E-state index contributed by atoms with van der Waals surface area (Å²) in [6, 6.07) is 12.6. The van der Waals surface area contributed by atoms with Gasteiger partial charge in [0.05, 0.1) is 0 Å². The van der Waals surface area contributed by atoms with Crippen LogP contribution in [0.5, 0.6) is 0 Å². The summed E-state index contributed by atoms with van der Waals surface area (Å²) in [5.74, 6) is 0.761. The van der Waals surface area contributed by atoms with Crippen molar-refractivity contribution in [3.63, 3.8) is 0 Å². The minimum Gasteiger partial charge on any atom is -0.313 e. The van der Waals surface area contributed by atoms with Gasteiger partial charge in [0.25, 0.3) is 0 Å². The number of likely N-dealkylation sites (N-methyl/N-ethyl adjacent to an activating group) is 1. The molecule has 0 amide bonds. The fourth-order valence-electron chi connectivity index (χ4n) is 4.15. The summed E-state index contributed by atoms with van der Waals surface area (Å²) >= 11 is 0. The average Bonchev–Trinajstić information content (AvgIpc) is 3.03. The Labute approximate surface area is 123 Å². The molecule has 2 heteroatoms. The van der Waals surface area contributed by atoms with E-state index in [0.29, 0.717) is 6.04 Å². The Balaban J connectivity index is 1.72. The van der Waals surface area contributed by atoms with E-state index < -0.39 is 0 Å². The van der Waals surface area contributed by atoms with Crippen LogP contribution in [0.1, 0.15) is 50.5 Å². The first-order valence-corrected chi connectivity index (χ1v) is 8.41. The van der Waals surface area contributed by atoms with Gasteiger partial charge in [0.15, 0.2) is 0 Å². The third-order valence-electron chi connectivity index (χ3n) is 5.16. The number of hydrogen-bond donors (Lipinski definition) is 1.